The SMILES string of the molecule is CC(C)C(C)(O)CN1CCC2CCCCC2C1. The Kier molecular flexibility index (Phi) is 4.14. The van der Waals surface area contributed by atoms with Gasteiger partial charge in [-0.3, -0.25) is 0 Å². The first kappa shape index (κ1) is 13.4. The summed E-state index contributed by atoms with van der Waals surface area (Å²) in [5.74, 6) is 2.25. The van der Waals surface area contributed by atoms with Crippen LogP contribution in [0.5, 0.6) is 0 Å². The molecule has 3 unspecified atom stereocenters. The molecule has 0 radical (unpaired) electrons. The fourth-order valence-electron chi connectivity index (χ4n) is 3.46. The van der Waals surface area contributed by atoms with Crippen LogP contribution in [0, 0.1) is 17.8 Å². The Bertz CT molecular complexity index is 249. The van der Waals surface area contributed by atoms with Crippen molar-refractivity contribution in [3.63, 3.8) is 0 Å². The quantitative estimate of drug-likeness (QED) is 0.818. The second-order valence-electron chi connectivity index (χ2n) is 6.84. The highest BCUT2D eigenvalue weighted by Crippen LogP contribution is 2.36. The molecule has 2 nitrogen and oxygen atoms in total. The number of nitrogens with zero attached hydrogens (tertiary/aromatic N) is 1. The molecule has 0 aromatic heterocycles. The minimum Gasteiger partial charge on any atom is -0.389 e. The smallest absolute Gasteiger partial charge is 0.0768 e. The summed E-state index contributed by atoms with van der Waals surface area (Å²) in [5, 5.41) is 10.4. The third-order valence-electron chi connectivity index (χ3n) is 5.16. The molecule has 1 saturated heterocycles. The molecule has 0 spiro atoms. The molecule has 2 fully saturated rings. The molecule has 1 heterocycles. The highest BCUT2D eigenvalue weighted by atomic mass is 16.3. The Morgan fingerprint density at radius 2 is 1.82 bits per heavy atom. The van der Waals surface area contributed by atoms with E-state index < -0.39 is 5.60 Å². The van der Waals surface area contributed by atoms with Crippen LogP contribution in [-0.2, 0) is 0 Å². The van der Waals surface area contributed by atoms with Crippen molar-refractivity contribution in [2.75, 3.05) is 19.6 Å². The molecule has 0 bridgehead atoms. The van der Waals surface area contributed by atoms with Gasteiger partial charge in [-0.25, -0.2) is 0 Å². The van der Waals surface area contributed by atoms with Gasteiger partial charge in [0.2, 0.25) is 0 Å². The third-order valence-corrected chi connectivity index (χ3v) is 5.16. The van der Waals surface area contributed by atoms with Gasteiger partial charge in [0.25, 0.3) is 0 Å². The molecular formula is C15H29NO. The van der Waals surface area contributed by atoms with E-state index in [0.29, 0.717) is 5.92 Å². The largest absolute Gasteiger partial charge is 0.389 e. The Labute approximate surface area is 106 Å². The minimum absolute atomic E-state index is 0.339. The normalized spacial score (nSPS) is 34.4. The molecule has 2 rings (SSSR count). The van der Waals surface area contributed by atoms with Gasteiger partial charge in [0, 0.05) is 13.1 Å². The van der Waals surface area contributed by atoms with Gasteiger partial charge in [0.05, 0.1) is 5.60 Å². The number of piperidine rings is 1. The Morgan fingerprint density at radius 1 is 1.18 bits per heavy atom. The first-order chi connectivity index (χ1) is 7.99. The van der Waals surface area contributed by atoms with Gasteiger partial charge in [0.15, 0.2) is 0 Å². The number of aliphatic hydroxyl groups is 1. The summed E-state index contributed by atoms with van der Waals surface area (Å²) in [5.41, 5.74) is -0.526. The van der Waals surface area contributed by atoms with Crippen LogP contribution in [0.25, 0.3) is 0 Å². The van der Waals surface area contributed by atoms with Crippen LogP contribution in [0.1, 0.15) is 52.9 Å². The molecule has 1 aliphatic heterocycles. The molecule has 0 aromatic rings. The molecule has 3 atom stereocenters. The zero-order chi connectivity index (χ0) is 12.5. The average Bonchev–Trinajstić information content (AvgIpc) is 2.28. The average molecular weight is 239 g/mol. The Balaban J connectivity index is 1.87. The fourth-order valence-corrected chi connectivity index (χ4v) is 3.46. The van der Waals surface area contributed by atoms with Gasteiger partial charge in [-0.05, 0) is 44.1 Å². The van der Waals surface area contributed by atoms with E-state index in [4.69, 9.17) is 0 Å². The highest BCUT2D eigenvalue weighted by Gasteiger charge is 2.34. The lowest BCUT2D eigenvalue weighted by Gasteiger charge is -2.44. The van der Waals surface area contributed by atoms with Crippen LogP contribution in [0.2, 0.25) is 0 Å². The van der Waals surface area contributed by atoms with E-state index in [1.165, 1.54) is 45.2 Å². The summed E-state index contributed by atoms with van der Waals surface area (Å²) in [6, 6.07) is 0. The zero-order valence-corrected chi connectivity index (χ0v) is 11.8. The second-order valence-corrected chi connectivity index (χ2v) is 6.84. The van der Waals surface area contributed by atoms with E-state index in [2.05, 4.69) is 18.7 Å². The fraction of sp³-hybridized carbons (Fsp3) is 1.00. The van der Waals surface area contributed by atoms with Crippen LogP contribution in [0.15, 0.2) is 0 Å². The molecule has 0 amide bonds. The van der Waals surface area contributed by atoms with Crippen molar-refractivity contribution in [3.05, 3.63) is 0 Å². The molecule has 100 valence electrons. The van der Waals surface area contributed by atoms with Gasteiger partial charge in [-0.2, -0.15) is 0 Å². The molecule has 17 heavy (non-hydrogen) atoms. The van der Waals surface area contributed by atoms with Gasteiger partial charge in [-0.1, -0.05) is 33.1 Å². The van der Waals surface area contributed by atoms with Crippen molar-refractivity contribution < 1.29 is 5.11 Å². The minimum atomic E-state index is -0.526. The molecule has 1 aliphatic carbocycles. The molecule has 0 aromatic carbocycles. The second kappa shape index (κ2) is 5.27. The number of hydrogen-bond donors (Lipinski definition) is 1. The lowest BCUT2D eigenvalue weighted by molar-refractivity contribution is -0.0372. The molecule has 2 heteroatoms. The van der Waals surface area contributed by atoms with Crippen molar-refractivity contribution in [3.8, 4) is 0 Å². The Hall–Kier alpha value is -0.0800. The summed E-state index contributed by atoms with van der Waals surface area (Å²) in [4.78, 5) is 2.51. The molecular weight excluding hydrogens is 210 g/mol. The van der Waals surface area contributed by atoms with E-state index in [1.807, 2.05) is 6.92 Å². The maximum Gasteiger partial charge on any atom is 0.0768 e. The third kappa shape index (κ3) is 3.23. The molecule has 1 N–H and O–H groups in total. The molecule has 1 saturated carbocycles. The summed E-state index contributed by atoms with van der Waals surface area (Å²) >= 11 is 0. The van der Waals surface area contributed by atoms with Crippen LogP contribution >= 0.6 is 0 Å². The lowest BCUT2D eigenvalue weighted by atomic mass is 9.75. The Morgan fingerprint density at radius 3 is 2.47 bits per heavy atom. The summed E-state index contributed by atoms with van der Waals surface area (Å²) < 4.78 is 0. The topological polar surface area (TPSA) is 23.5 Å². The lowest BCUT2D eigenvalue weighted by Crippen LogP contribution is -2.50. The van der Waals surface area contributed by atoms with Gasteiger partial charge < -0.3 is 10.0 Å². The first-order valence-corrected chi connectivity index (χ1v) is 7.44. The van der Waals surface area contributed by atoms with Gasteiger partial charge in [-0.15, -0.1) is 0 Å². The van der Waals surface area contributed by atoms with Crippen molar-refractivity contribution >= 4 is 0 Å². The van der Waals surface area contributed by atoms with Crippen molar-refractivity contribution in [2.24, 2.45) is 17.8 Å². The number of rotatable bonds is 3. The zero-order valence-electron chi connectivity index (χ0n) is 11.8. The number of β-amino-alcohol motifs (C(OH)–C–C–N with tert-alkyl or cyclic N) is 1. The van der Waals surface area contributed by atoms with Gasteiger partial charge >= 0.3 is 0 Å². The van der Waals surface area contributed by atoms with Crippen LogP contribution in [-0.4, -0.2) is 35.2 Å². The van der Waals surface area contributed by atoms with E-state index in [0.717, 1.165) is 18.4 Å². The summed E-state index contributed by atoms with van der Waals surface area (Å²) in [6.45, 7) is 9.51. The summed E-state index contributed by atoms with van der Waals surface area (Å²) in [7, 11) is 0. The number of fused-ring (bicyclic) bond motifs is 1. The van der Waals surface area contributed by atoms with Crippen LogP contribution < -0.4 is 0 Å². The van der Waals surface area contributed by atoms with Crippen molar-refractivity contribution in [1.29, 1.82) is 0 Å². The predicted octanol–water partition coefficient (Wildman–Crippen LogP) is 2.91. The standard InChI is InChI=1S/C15H29NO/c1-12(2)15(3,17)11-16-9-8-13-6-4-5-7-14(13)10-16/h12-14,17H,4-11H2,1-3H3. The van der Waals surface area contributed by atoms with Crippen molar-refractivity contribution in [2.45, 2.75) is 58.5 Å². The van der Waals surface area contributed by atoms with Crippen molar-refractivity contribution in [1.82, 2.24) is 4.90 Å². The van der Waals surface area contributed by atoms with E-state index in [-0.39, 0.29) is 0 Å². The highest BCUT2D eigenvalue weighted by molar-refractivity contribution is 4.87. The van der Waals surface area contributed by atoms with Crippen LogP contribution in [0.3, 0.4) is 0 Å². The predicted molar refractivity (Wildman–Crippen MR) is 72.0 cm³/mol. The molecule has 2 aliphatic rings. The van der Waals surface area contributed by atoms with E-state index in [9.17, 15) is 5.11 Å². The first-order valence-electron chi connectivity index (χ1n) is 7.44. The van der Waals surface area contributed by atoms with E-state index >= 15 is 0 Å². The number of likely N-dealkylation sites (tertiary alicyclic amines) is 1. The van der Waals surface area contributed by atoms with Gasteiger partial charge in [0.1, 0.15) is 0 Å². The van der Waals surface area contributed by atoms with Crippen LogP contribution in [0.4, 0.5) is 0 Å². The monoisotopic (exact) mass is 239 g/mol. The van der Waals surface area contributed by atoms with E-state index in [1.54, 1.807) is 0 Å². The number of hydrogen-bond acceptors (Lipinski definition) is 2. The summed E-state index contributed by atoms with van der Waals surface area (Å²) in [6.07, 6.45) is 7.11. The maximum atomic E-state index is 10.4. The maximum absolute atomic E-state index is 10.4.